The third-order valence-electron chi connectivity index (χ3n) is 3.87. The quantitative estimate of drug-likeness (QED) is 0.471. The summed E-state index contributed by atoms with van der Waals surface area (Å²) < 4.78 is 27.2. The van der Waals surface area contributed by atoms with Crippen LogP contribution in [0.1, 0.15) is 16.1 Å². The Morgan fingerprint density at radius 1 is 1.03 bits per heavy atom. The monoisotopic (exact) mass is 412 g/mol. The maximum atomic E-state index is 12.4. The molecule has 0 atom stereocenters. The molecule has 0 radical (unpaired) electrons. The molecular formula is C19H16N4O5S. The number of benzene rings is 2. The van der Waals surface area contributed by atoms with Crippen LogP contribution in [0.5, 0.6) is 0 Å². The van der Waals surface area contributed by atoms with Crippen LogP contribution >= 0.6 is 0 Å². The first-order valence-corrected chi connectivity index (χ1v) is 9.85. The molecule has 0 aliphatic rings. The average molecular weight is 412 g/mol. The van der Waals surface area contributed by atoms with E-state index in [0.717, 1.165) is 11.8 Å². The third kappa shape index (κ3) is 4.93. The Morgan fingerprint density at radius 3 is 2.38 bits per heavy atom. The van der Waals surface area contributed by atoms with Crippen LogP contribution in [0.4, 0.5) is 17.2 Å². The molecule has 1 aromatic heterocycles. The van der Waals surface area contributed by atoms with Crippen LogP contribution < -0.4 is 10.0 Å². The maximum Gasteiger partial charge on any atom is 0.270 e. The van der Waals surface area contributed by atoms with E-state index in [1.165, 1.54) is 42.5 Å². The summed E-state index contributed by atoms with van der Waals surface area (Å²) in [6.07, 6.45) is 0. The van der Waals surface area contributed by atoms with Crippen molar-refractivity contribution in [2.45, 2.75) is 11.8 Å². The number of sulfonamides is 1. The SMILES string of the molecule is Cc1cccc(NC(=O)c2ccc(NS(=O)(=O)c3cccc([N+](=O)[O-])c3)cc2)n1. The van der Waals surface area contributed by atoms with Crippen molar-refractivity contribution in [2.75, 3.05) is 10.0 Å². The van der Waals surface area contributed by atoms with E-state index in [4.69, 9.17) is 0 Å². The number of non-ortho nitro benzene ring substituents is 1. The molecule has 10 heteroatoms. The second-order valence-corrected chi connectivity index (χ2v) is 7.74. The van der Waals surface area contributed by atoms with Gasteiger partial charge in [0.05, 0.1) is 9.82 Å². The molecule has 0 aliphatic carbocycles. The number of hydrogen-bond acceptors (Lipinski definition) is 6. The summed E-state index contributed by atoms with van der Waals surface area (Å²) in [5, 5.41) is 13.5. The van der Waals surface area contributed by atoms with Crippen molar-refractivity contribution in [3.8, 4) is 0 Å². The molecule has 1 amide bonds. The summed E-state index contributed by atoms with van der Waals surface area (Å²) in [6.45, 7) is 1.80. The number of nitro benzene ring substituents is 1. The van der Waals surface area contributed by atoms with E-state index in [1.807, 2.05) is 0 Å². The van der Waals surface area contributed by atoms with E-state index in [-0.39, 0.29) is 16.3 Å². The number of anilines is 2. The number of aryl methyl sites for hydroxylation is 1. The van der Waals surface area contributed by atoms with Gasteiger partial charge in [0, 0.05) is 29.1 Å². The minimum absolute atomic E-state index is 0.210. The van der Waals surface area contributed by atoms with Crippen molar-refractivity contribution < 1.29 is 18.1 Å². The molecule has 0 saturated carbocycles. The van der Waals surface area contributed by atoms with Crippen LogP contribution in [-0.4, -0.2) is 24.2 Å². The summed E-state index contributed by atoms with van der Waals surface area (Å²) >= 11 is 0. The second kappa shape index (κ2) is 8.07. The highest BCUT2D eigenvalue weighted by atomic mass is 32.2. The highest BCUT2D eigenvalue weighted by Crippen LogP contribution is 2.21. The number of pyridine rings is 1. The van der Waals surface area contributed by atoms with Gasteiger partial charge in [-0.1, -0.05) is 12.1 Å². The second-order valence-electron chi connectivity index (χ2n) is 6.06. The van der Waals surface area contributed by atoms with Crippen molar-refractivity contribution >= 4 is 33.1 Å². The van der Waals surface area contributed by atoms with Crippen molar-refractivity contribution in [1.29, 1.82) is 0 Å². The Hall–Kier alpha value is -3.79. The molecule has 0 unspecified atom stereocenters. The average Bonchev–Trinajstić information content (AvgIpc) is 2.68. The van der Waals surface area contributed by atoms with Crippen molar-refractivity contribution in [2.24, 2.45) is 0 Å². The number of rotatable bonds is 6. The fourth-order valence-electron chi connectivity index (χ4n) is 2.47. The number of nitro groups is 1. The Balaban J connectivity index is 1.73. The minimum atomic E-state index is -4.02. The number of nitrogens with zero attached hydrogens (tertiary/aromatic N) is 2. The highest BCUT2D eigenvalue weighted by molar-refractivity contribution is 7.92. The predicted molar refractivity (Wildman–Crippen MR) is 107 cm³/mol. The lowest BCUT2D eigenvalue weighted by Crippen LogP contribution is -2.15. The summed E-state index contributed by atoms with van der Waals surface area (Å²) in [4.78, 5) is 26.4. The molecule has 0 spiro atoms. The first-order valence-electron chi connectivity index (χ1n) is 8.37. The Morgan fingerprint density at radius 2 is 1.72 bits per heavy atom. The van der Waals surface area contributed by atoms with E-state index in [1.54, 1.807) is 25.1 Å². The van der Waals surface area contributed by atoms with Crippen molar-refractivity contribution in [3.63, 3.8) is 0 Å². The zero-order chi connectivity index (χ0) is 21.0. The van der Waals surface area contributed by atoms with Crippen LogP contribution in [0, 0.1) is 17.0 Å². The van der Waals surface area contributed by atoms with Crippen LogP contribution in [0.3, 0.4) is 0 Å². The van der Waals surface area contributed by atoms with Crippen LogP contribution in [-0.2, 0) is 10.0 Å². The zero-order valence-electron chi connectivity index (χ0n) is 15.2. The highest BCUT2D eigenvalue weighted by Gasteiger charge is 2.18. The van der Waals surface area contributed by atoms with Crippen LogP contribution in [0.2, 0.25) is 0 Å². The molecule has 0 bridgehead atoms. The molecule has 0 aliphatic heterocycles. The van der Waals surface area contributed by atoms with Crippen molar-refractivity contribution in [3.05, 3.63) is 88.1 Å². The van der Waals surface area contributed by atoms with Gasteiger partial charge in [-0.2, -0.15) is 0 Å². The van der Waals surface area contributed by atoms with Gasteiger partial charge in [0.25, 0.3) is 21.6 Å². The Kier molecular flexibility index (Phi) is 5.55. The fraction of sp³-hybridized carbons (Fsp3) is 0.0526. The molecular weight excluding hydrogens is 396 g/mol. The lowest BCUT2D eigenvalue weighted by atomic mass is 10.2. The first-order chi connectivity index (χ1) is 13.7. The first kappa shape index (κ1) is 20.0. The van der Waals surface area contributed by atoms with Gasteiger partial charge < -0.3 is 5.32 Å². The summed E-state index contributed by atoms with van der Waals surface area (Å²) in [6, 6.07) is 15.7. The predicted octanol–water partition coefficient (Wildman–Crippen LogP) is 3.35. The summed E-state index contributed by atoms with van der Waals surface area (Å²) in [5.41, 5.74) is 0.951. The number of aromatic nitrogens is 1. The largest absolute Gasteiger partial charge is 0.307 e. The summed E-state index contributed by atoms with van der Waals surface area (Å²) in [5.74, 6) is 0.0154. The summed E-state index contributed by atoms with van der Waals surface area (Å²) in [7, 11) is -4.02. The van der Waals surface area contributed by atoms with Crippen molar-refractivity contribution in [1.82, 2.24) is 4.98 Å². The molecule has 0 saturated heterocycles. The third-order valence-corrected chi connectivity index (χ3v) is 5.25. The van der Waals surface area contributed by atoms with Gasteiger partial charge in [0.1, 0.15) is 5.82 Å². The van der Waals surface area contributed by atoms with Gasteiger partial charge in [-0.05, 0) is 49.4 Å². The van der Waals surface area contributed by atoms with E-state index in [2.05, 4.69) is 15.0 Å². The lowest BCUT2D eigenvalue weighted by molar-refractivity contribution is -0.385. The Bertz CT molecular complexity index is 1180. The van der Waals surface area contributed by atoms with Gasteiger partial charge in [-0.15, -0.1) is 0 Å². The number of carbonyl (C=O) groups excluding carboxylic acids is 1. The van der Waals surface area contributed by atoms with Gasteiger partial charge >= 0.3 is 0 Å². The van der Waals surface area contributed by atoms with E-state index >= 15 is 0 Å². The van der Waals surface area contributed by atoms with E-state index < -0.39 is 20.9 Å². The van der Waals surface area contributed by atoms with Gasteiger partial charge in [0.2, 0.25) is 0 Å². The van der Waals surface area contributed by atoms with E-state index in [0.29, 0.717) is 11.4 Å². The topological polar surface area (TPSA) is 131 Å². The number of amides is 1. The van der Waals surface area contributed by atoms with Crippen LogP contribution in [0.25, 0.3) is 0 Å². The van der Waals surface area contributed by atoms with Gasteiger partial charge in [0.15, 0.2) is 0 Å². The molecule has 2 N–H and O–H groups in total. The van der Waals surface area contributed by atoms with Gasteiger partial charge in [-0.3, -0.25) is 19.6 Å². The molecule has 29 heavy (non-hydrogen) atoms. The van der Waals surface area contributed by atoms with Gasteiger partial charge in [-0.25, -0.2) is 13.4 Å². The maximum absolute atomic E-state index is 12.4. The van der Waals surface area contributed by atoms with E-state index in [9.17, 15) is 23.3 Å². The zero-order valence-corrected chi connectivity index (χ0v) is 16.0. The molecule has 0 fully saturated rings. The normalized spacial score (nSPS) is 10.9. The molecule has 1 heterocycles. The Labute approximate surface area is 166 Å². The standard InChI is InChI=1S/C19H16N4O5S/c1-13-4-2-7-18(20-13)21-19(24)14-8-10-15(11-9-14)22-29(27,28)17-6-3-5-16(12-17)23(25)26/h2-12,22H,1H3,(H,20,21,24). The number of carbonyl (C=O) groups is 1. The molecule has 3 rings (SSSR count). The fourth-order valence-corrected chi connectivity index (χ4v) is 3.57. The minimum Gasteiger partial charge on any atom is -0.307 e. The molecule has 3 aromatic rings. The number of nitrogens with one attached hydrogen (secondary N) is 2. The molecule has 9 nitrogen and oxygen atoms in total. The number of hydrogen-bond donors (Lipinski definition) is 2. The van der Waals surface area contributed by atoms with Crippen LogP contribution in [0.15, 0.2) is 71.6 Å². The molecule has 148 valence electrons. The molecule has 2 aromatic carbocycles. The lowest BCUT2D eigenvalue weighted by Gasteiger charge is -2.09. The smallest absolute Gasteiger partial charge is 0.270 e.